The van der Waals surface area contributed by atoms with E-state index in [2.05, 4.69) is 69.7 Å². The zero-order valence-corrected chi connectivity index (χ0v) is 15.6. The van der Waals surface area contributed by atoms with Gasteiger partial charge in [0.2, 0.25) is 0 Å². The molecule has 0 bridgehead atoms. The Balaban J connectivity index is 1.76. The third-order valence-electron chi connectivity index (χ3n) is 5.94. The molecule has 0 spiro atoms. The van der Waals surface area contributed by atoms with Crippen molar-refractivity contribution in [1.82, 2.24) is 0 Å². The molecule has 0 amide bonds. The molecule has 1 aliphatic heterocycles. The molecule has 1 aliphatic carbocycles. The molecule has 1 saturated heterocycles. The van der Waals surface area contributed by atoms with E-state index in [1.54, 1.807) is 0 Å². The summed E-state index contributed by atoms with van der Waals surface area (Å²) in [6, 6.07) is 8.34. The van der Waals surface area contributed by atoms with Crippen LogP contribution in [0.1, 0.15) is 25.3 Å². The number of allylic oxidation sites excluding steroid dienone is 3. The number of aliphatic hydroxyl groups is 1. The number of aryl methyl sites for hydroxylation is 1. The summed E-state index contributed by atoms with van der Waals surface area (Å²) in [5.41, 5.74) is 3.04. The average Bonchev–Trinajstić information content (AvgIpc) is 3.02. The van der Waals surface area contributed by atoms with E-state index in [1.165, 1.54) is 11.1 Å². The molecule has 3 heteroatoms. The van der Waals surface area contributed by atoms with E-state index in [1.807, 2.05) is 0 Å². The summed E-state index contributed by atoms with van der Waals surface area (Å²) in [5.74, 6) is 1.28. The minimum atomic E-state index is -1.95. The molecular formula is C20H29O2P. The molecule has 0 aromatic heterocycles. The van der Waals surface area contributed by atoms with Crippen LogP contribution in [0.25, 0.3) is 0 Å². The monoisotopic (exact) mass is 332 g/mol. The molecule has 0 saturated carbocycles. The van der Waals surface area contributed by atoms with E-state index in [0.29, 0.717) is 11.5 Å². The summed E-state index contributed by atoms with van der Waals surface area (Å²) in [4.78, 5) is 0. The zero-order chi connectivity index (χ0) is 16.7. The van der Waals surface area contributed by atoms with Gasteiger partial charge in [0.05, 0.1) is 0 Å². The van der Waals surface area contributed by atoms with Gasteiger partial charge in [-0.1, -0.05) is 0 Å². The molecule has 23 heavy (non-hydrogen) atoms. The molecule has 1 aromatic rings. The molecule has 3 rings (SSSR count). The Morgan fingerprint density at radius 1 is 1.22 bits per heavy atom. The van der Waals surface area contributed by atoms with E-state index < -0.39 is 6.60 Å². The van der Waals surface area contributed by atoms with Crippen LogP contribution in [0.3, 0.4) is 0 Å². The van der Waals surface area contributed by atoms with Crippen LogP contribution < -0.4 is 4.74 Å². The summed E-state index contributed by atoms with van der Waals surface area (Å²) in [5, 5.41) is 10.4. The van der Waals surface area contributed by atoms with E-state index in [9.17, 15) is 5.11 Å². The fourth-order valence-corrected chi connectivity index (χ4v) is 9.17. The van der Waals surface area contributed by atoms with Crippen LogP contribution in [-0.4, -0.2) is 42.2 Å². The summed E-state index contributed by atoms with van der Waals surface area (Å²) >= 11 is 0. The number of hydrogen-bond acceptors (Lipinski definition) is 2. The standard InChI is InChI=1S/C20H29O2P/c1-15-10-12-18(13-11-15)22-20-16(2)23(20,3,4)14-17-8-6-5-7-9-19(17)21/h5-6,8,10-13,16,19-21H,7,9,14H2,1-4H3. The van der Waals surface area contributed by atoms with Gasteiger partial charge in [0.25, 0.3) is 0 Å². The Bertz CT molecular complexity index is 642. The Morgan fingerprint density at radius 3 is 2.61 bits per heavy atom. The van der Waals surface area contributed by atoms with Crippen molar-refractivity contribution in [2.24, 2.45) is 0 Å². The first kappa shape index (κ1) is 16.7. The first-order valence-corrected chi connectivity index (χ1v) is 12.0. The van der Waals surface area contributed by atoms with Crippen LogP contribution in [0.4, 0.5) is 0 Å². The van der Waals surface area contributed by atoms with Crippen molar-refractivity contribution in [3.63, 3.8) is 0 Å². The van der Waals surface area contributed by atoms with Gasteiger partial charge in [-0.2, -0.15) is 0 Å². The van der Waals surface area contributed by atoms with Crippen molar-refractivity contribution < 1.29 is 9.84 Å². The normalized spacial score (nSPS) is 33.0. The number of ether oxygens (including phenoxy) is 1. The van der Waals surface area contributed by atoms with Gasteiger partial charge in [0.1, 0.15) is 0 Å². The molecule has 0 radical (unpaired) electrons. The van der Waals surface area contributed by atoms with E-state index >= 15 is 0 Å². The average molecular weight is 332 g/mol. The molecule has 1 fully saturated rings. The summed E-state index contributed by atoms with van der Waals surface area (Å²) in [6.45, 7) is 7.31. The van der Waals surface area contributed by atoms with Crippen LogP contribution in [0.15, 0.2) is 48.1 Å². The van der Waals surface area contributed by atoms with E-state index in [0.717, 1.165) is 24.8 Å². The Labute approximate surface area is 140 Å². The first-order valence-electron chi connectivity index (χ1n) is 8.57. The van der Waals surface area contributed by atoms with Crippen LogP contribution in [0.2, 0.25) is 0 Å². The fraction of sp³-hybridized carbons (Fsp3) is 0.500. The number of aliphatic hydroxyl groups excluding tert-OH is 1. The number of benzene rings is 1. The van der Waals surface area contributed by atoms with Crippen molar-refractivity contribution in [3.8, 4) is 5.75 Å². The Hall–Kier alpha value is -1.11. The van der Waals surface area contributed by atoms with Gasteiger partial charge in [-0.15, -0.1) is 0 Å². The van der Waals surface area contributed by atoms with Gasteiger partial charge in [-0.25, -0.2) is 0 Å². The maximum absolute atomic E-state index is 10.4. The van der Waals surface area contributed by atoms with Crippen molar-refractivity contribution >= 4 is 6.60 Å². The van der Waals surface area contributed by atoms with E-state index in [4.69, 9.17) is 4.74 Å². The molecule has 2 nitrogen and oxygen atoms in total. The Morgan fingerprint density at radius 2 is 1.91 bits per heavy atom. The second-order valence-corrected chi connectivity index (χ2v) is 15.0. The molecule has 2 aliphatic rings. The van der Waals surface area contributed by atoms with Crippen LogP contribution in [0, 0.1) is 6.92 Å². The number of rotatable bonds is 4. The summed E-state index contributed by atoms with van der Waals surface area (Å²) in [6.07, 6.45) is 8.90. The minimum absolute atomic E-state index is 0.295. The van der Waals surface area contributed by atoms with Crippen molar-refractivity contribution in [1.29, 1.82) is 0 Å². The van der Waals surface area contributed by atoms with Gasteiger partial charge in [-0.3, -0.25) is 0 Å². The number of hydrogen-bond donors (Lipinski definition) is 1. The van der Waals surface area contributed by atoms with Crippen molar-refractivity contribution in [2.75, 3.05) is 19.5 Å². The summed E-state index contributed by atoms with van der Waals surface area (Å²) < 4.78 is 6.35. The third kappa shape index (κ3) is 3.12. The van der Waals surface area contributed by atoms with Crippen LogP contribution in [-0.2, 0) is 0 Å². The van der Waals surface area contributed by atoms with Crippen LogP contribution >= 0.6 is 6.60 Å². The predicted molar refractivity (Wildman–Crippen MR) is 101 cm³/mol. The predicted octanol–water partition coefficient (Wildman–Crippen LogP) is 4.55. The summed E-state index contributed by atoms with van der Waals surface area (Å²) in [7, 11) is 0. The molecule has 1 N–H and O–H groups in total. The zero-order valence-electron chi connectivity index (χ0n) is 14.7. The second kappa shape index (κ2) is 5.76. The van der Waals surface area contributed by atoms with Gasteiger partial charge < -0.3 is 0 Å². The molecule has 1 heterocycles. The van der Waals surface area contributed by atoms with Crippen molar-refractivity contribution in [3.05, 3.63) is 53.6 Å². The maximum atomic E-state index is 10.4. The first-order chi connectivity index (χ1) is 10.8. The van der Waals surface area contributed by atoms with Crippen LogP contribution in [0.5, 0.6) is 5.75 Å². The van der Waals surface area contributed by atoms with Gasteiger partial charge in [0, 0.05) is 0 Å². The van der Waals surface area contributed by atoms with E-state index in [-0.39, 0.29) is 6.10 Å². The van der Waals surface area contributed by atoms with Crippen molar-refractivity contribution in [2.45, 2.75) is 44.3 Å². The molecular weight excluding hydrogens is 303 g/mol. The molecule has 3 atom stereocenters. The quantitative estimate of drug-likeness (QED) is 0.820. The fourth-order valence-electron chi connectivity index (χ4n) is 3.77. The third-order valence-corrected chi connectivity index (χ3v) is 12.1. The SMILES string of the molecule is Cc1ccc(OC2C(C)P2(C)(C)CC2=CC=CCCC2O)cc1. The van der Waals surface area contributed by atoms with Gasteiger partial charge in [-0.05, 0) is 0 Å². The molecule has 126 valence electrons. The topological polar surface area (TPSA) is 29.5 Å². The Kier molecular flexibility index (Phi) is 4.19. The molecule has 1 aromatic carbocycles. The van der Waals surface area contributed by atoms with Gasteiger partial charge >= 0.3 is 140 Å². The second-order valence-electron chi connectivity index (χ2n) is 8.11. The van der Waals surface area contributed by atoms with Gasteiger partial charge in [0.15, 0.2) is 0 Å². The molecule has 3 unspecified atom stereocenters.